The minimum Gasteiger partial charge on any atom is -0.323 e. The first-order valence-electron chi connectivity index (χ1n) is 6.30. The van der Waals surface area contributed by atoms with Gasteiger partial charge in [0.25, 0.3) is 0 Å². The van der Waals surface area contributed by atoms with E-state index >= 15 is 0 Å². The molecule has 3 heteroatoms. The van der Waals surface area contributed by atoms with E-state index in [0.29, 0.717) is 0 Å². The van der Waals surface area contributed by atoms with Crippen molar-refractivity contribution in [3.8, 4) is 0 Å². The van der Waals surface area contributed by atoms with Crippen LogP contribution >= 0.6 is 15.9 Å². The third-order valence-electron chi connectivity index (χ3n) is 3.03. The number of imidazole rings is 1. The van der Waals surface area contributed by atoms with Crippen LogP contribution in [0.2, 0.25) is 0 Å². The van der Waals surface area contributed by atoms with Gasteiger partial charge in [-0.2, -0.15) is 0 Å². The molecule has 1 unspecified atom stereocenters. The zero-order valence-corrected chi connectivity index (χ0v) is 12.8. The lowest BCUT2D eigenvalue weighted by Gasteiger charge is -2.10. The maximum atomic E-state index is 4.75. The Kier molecular flexibility index (Phi) is 3.91. The van der Waals surface area contributed by atoms with E-state index in [2.05, 4.69) is 66.0 Å². The molecular weight excluding hydrogens is 288 g/mol. The molecular formula is C15H19BrN2. The Morgan fingerprint density at radius 2 is 2.22 bits per heavy atom. The van der Waals surface area contributed by atoms with Crippen molar-refractivity contribution >= 4 is 27.0 Å². The third kappa shape index (κ3) is 2.51. The van der Waals surface area contributed by atoms with Crippen LogP contribution in [0.1, 0.15) is 37.0 Å². The summed E-state index contributed by atoms with van der Waals surface area (Å²) in [6.07, 6.45) is 1.04. The molecule has 0 spiro atoms. The number of rotatable bonds is 4. The predicted octanol–water partition coefficient (Wildman–Crippen LogP) is 4.63. The number of allylic oxidation sites excluding steroid dienone is 1. The average Bonchev–Trinajstić information content (AvgIpc) is 2.66. The number of benzene rings is 1. The molecule has 1 aromatic heterocycles. The minimum atomic E-state index is 0.245. The van der Waals surface area contributed by atoms with Crippen LogP contribution in [0.25, 0.3) is 11.0 Å². The zero-order valence-electron chi connectivity index (χ0n) is 11.2. The Hall–Kier alpha value is -1.09. The Bertz CT molecular complexity index is 581. The highest BCUT2D eigenvalue weighted by Gasteiger charge is 2.14. The van der Waals surface area contributed by atoms with Gasteiger partial charge in [0.2, 0.25) is 0 Å². The second-order valence-corrected chi connectivity index (χ2v) is 6.18. The largest absolute Gasteiger partial charge is 0.323 e. The summed E-state index contributed by atoms with van der Waals surface area (Å²) in [5.74, 6) is 1.07. The molecule has 2 nitrogen and oxygen atoms in total. The van der Waals surface area contributed by atoms with Gasteiger partial charge in [-0.05, 0) is 38.0 Å². The molecule has 0 N–H and O–H groups in total. The maximum absolute atomic E-state index is 4.75. The lowest BCUT2D eigenvalue weighted by molar-refractivity contribution is 0.742. The van der Waals surface area contributed by atoms with E-state index in [-0.39, 0.29) is 4.83 Å². The van der Waals surface area contributed by atoms with E-state index in [4.69, 9.17) is 4.98 Å². The smallest absolute Gasteiger partial charge is 0.123 e. The molecule has 0 saturated heterocycles. The van der Waals surface area contributed by atoms with Crippen LogP contribution in [0, 0.1) is 0 Å². The van der Waals surface area contributed by atoms with E-state index < -0.39 is 0 Å². The normalized spacial score (nSPS) is 12.9. The third-order valence-corrected chi connectivity index (χ3v) is 3.44. The van der Waals surface area contributed by atoms with Crippen molar-refractivity contribution in [3.05, 3.63) is 41.7 Å². The molecule has 0 saturated carbocycles. The first-order chi connectivity index (χ1) is 8.52. The van der Waals surface area contributed by atoms with Gasteiger partial charge in [0, 0.05) is 6.54 Å². The van der Waals surface area contributed by atoms with Gasteiger partial charge in [-0.15, -0.1) is 0 Å². The Morgan fingerprint density at radius 1 is 1.50 bits per heavy atom. The lowest BCUT2D eigenvalue weighted by atomic mass is 10.1. The van der Waals surface area contributed by atoms with Crippen LogP contribution in [-0.4, -0.2) is 9.55 Å². The van der Waals surface area contributed by atoms with Crippen LogP contribution in [0.15, 0.2) is 30.4 Å². The van der Waals surface area contributed by atoms with Gasteiger partial charge in [-0.3, -0.25) is 0 Å². The van der Waals surface area contributed by atoms with Crippen LogP contribution in [0.4, 0.5) is 0 Å². The summed E-state index contributed by atoms with van der Waals surface area (Å²) in [6, 6.07) is 6.54. The lowest BCUT2D eigenvalue weighted by Crippen LogP contribution is -2.04. The molecule has 0 radical (unpaired) electrons. The van der Waals surface area contributed by atoms with Crippen LogP contribution in [-0.2, 0) is 13.0 Å². The molecule has 2 rings (SSSR count). The van der Waals surface area contributed by atoms with Gasteiger partial charge in [0.15, 0.2) is 0 Å². The second-order valence-electron chi connectivity index (χ2n) is 4.81. The number of fused-ring (bicyclic) bond motifs is 1. The molecule has 96 valence electrons. The number of aromatic nitrogens is 2. The minimum absolute atomic E-state index is 0.245. The fourth-order valence-electron chi connectivity index (χ4n) is 2.15. The van der Waals surface area contributed by atoms with Gasteiger partial charge in [0.1, 0.15) is 5.82 Å². The standard InChI is InChI=1S/C15H19BrN2/c1-5-12-6-7-14-13(8-12)17-15(11(4)16)18(14)9-10(2)3/h6-8,11H,2,5,9H2,1,3-4H3. The molecule has 0 aliphatic heterocycles. The fraction of sp³-hybridized carbons (Fsp3) is 0.400. The number of nitrogens with zero attached hydrogens (tertiary/aromatic N) is 2. The van der Waals surface area contributed by atoms with E-state index in [1.54, 1.807) is 0 Å². The quantitative estimate of drug-likeness (QED) is 0.595. The highest BCUT2D eigenvalue weighted by Crippen LogP contribution is 2.27. The van der Waals surface area contributed by atoms with Crippen molar-refractivity contribution in [1.82, 2.24) is 9.55 Å². The van der Waals surface area contributed by atoms with Crippen molar-refractivity contribution in [2.24, 2.45) is 0 Å². The molecule has 0 amide bonds. The summed E-state index contributed by atoms with van der Waals surface area (Å²) in [7, 11) is 0. The van der Waals surface area contributed by atoms with Crippen molar-refractivity contribution in [2.75, 3.05) is 0 Å². The Balaban J connectivity index is 2.63. The molecule has 0 fully saturated rings. The summed E-state index contributed by atoms with van der Waals surface area (Å²) in [5, 5.41) is 0. The number of alkyl halides is 1. The first-order valence-corrected chi connectivity index (χ1v) is 7.22. The molecule has 2 aromatic rings. The summed E-state index contributed by atoms with van der Waals surface area (Å²) in [6.45, 7) is 11.2. The predicted molar refractivity (Wildman–Crippen MR) is 81.3 cm³/mol. The van der Waals surface area contributed by atoms with Crippen molar-refractivity contribution in [3.63, 3.8) is 0 Å². The van der Waals surface area contributed by atoms with E-state index in [1.165, 1.54) is 11.1 Å². The summed E-state index contributed by atoms with van der Waals surface area (Å²) < 4.78 is 2.25. The molecule has 18 heavy (non-hydrogen) atoms. The second kappa shape index (κ2) is 5.27. The van der Waals surface area contributed by atoms with Crippen molar-refractivity contribution < 1.29 is 0 Å². The monoisotopic (exact) mass is 306 g/mol. The zero-order chi connectivity index (χ0) is 13.3. The molecule has 0 aliphatic rings. The van der Waals surface area contributed by atoms with Crippen LogP contribution < -0.4 is 0 Å². The summed E-state index contributed by atoms with van der Waals surface area (Å²) in [4.78, 5) is 4.99. The van der Waals surface area contributed by atoms with E-state index in [9.17, 15) is 0 Å². The topological polar surface area (TPSA) is 17.8 Å². The van der Waals surface area contributed by atoms with Crippen LogP contribution in [0.3, 0.4) is 0 Å². The molecule has 1 heterocycles. The summed E-state index contributed by atoms with van der Waals surface area (Å²) in [5.41, 5.74) is 4.74. The van der Waals surface area contributed by atoms with E-state index in [1.807, 2.05) is 0 Å². The van der Waals surface area contributed by atoms with Gasteiger partial charge in [-0.25, -0.2) is 4.98 Å². The SMILES string of the molecule is C=C(C)Cn1c(C(C)Br)nc2cc(CC)ccc21. The Labute approximate surface area is 117 Å². The van der Waals surface area contributed by atoms with Crippen molar-refractivity contribution in [1.29, 1.82) is 0 Å². The van der Waals surface area contributed by atoms with Gasteiger partial charge in [-0.1, -0.05) is 41.1 Å². The number of hydrogen-bond donors (Lipinski definition) is 0. The van der Waals surface area contributed by atoms with Crippen molar-refractivity contribution in [2.45, 2.75) is 38.6 Å². The molecule has 0 bridgehead atoms. The number of halogens is 1. The maximum Gasteiger partial charge on any atom is 0.123 e. The van der Waals surface area contributed by atoms with Gasteiger partial charge < -0.3 is 4.57 Å². The van der Waals surface area contributed by atoms with E-state index in [0.717, 1.165) is 29.9 Å². The van der Waals surface area contributed by atoms with Gasteiger partial charge in [0.05, 0.1) is 15.9 Å². The van der Waals surface area contributed by atoms with Crippen LogP contribution in [0.5, 0.6) is 0 Å². The fourth-order valence-corrected chi connectivity index (χ4v) is 2.50. The number of hydrogen-bond acceptors (Lipinski definition) is 1. The first kappa shape index (κ1) is 13.3. The molecule has 1 aromatic carbocycles. The Morgan fingerprint density at radius 3 is 2.78 bits per heavy atom. The highest BCUT2D eigenvalue weighted by molar-refractivity contribution is 9.09. The number of aryl methyl sites for hydroxylation is 1. The van der Waals surface area contributed by atoms with Gasteiger partial charge >= 0.3 is 0 Å². The molecule has 1 atom stereocenters. The molecule has 0 aliphatic carbocycles. The average molecular weight is 307 g/mol. The highest BCUT2D eigenvalue weighted by atomic mass is 79.9. The summed E-state index contributed by atoms with van der Waals surface area (Å²) >= 11 is 3.62.